The van der Waals surface area contributed by atoms with Crippen molar-refractivity contribution in [2.24, 2.45) is 5.41 Å². The maximum absolute atomic E-state index is 13.6. The summed E-state index contributed by atoms with van der Waals surface area (Å²) in [5, 5.41) is 5.61. The number of amides is 2. The molecule has 2 aromatic carbocycles. The van der Waals surface area contributed by atoms with Gasteiger partial charge < -0.3 is 10.6 Å². The summed E-state index contributed by atoms with van der Waals surface area (Å²) in [6.07, 6.45) is 1.03. The molecule has 2 aromatic rings. The van der Waals surface area contributed by atoms with Crippen LogP contribution in [-0.2, 0) is 16.1 Å². The molecule has 1 aliphatic rings. The zero-order valence-electron chi connectivity index (χ0n) is 14.1. The summed E-state index contributed by atoms with van der Waals surface area (Å²) < 4.78 is 13.6. The first-order valence-electron chi connectivity index (χ1n) is 8.40. The Morgan fingerprint density at radius 2 is 1.68 bits per heavy atom. The highest BCUT2D eigenvalue weighted by molar-refractivity contribution is 6.07. The van der Waals surface area contributed by atoms with Gasteiger partial charge in [-0.1, -0.05) is 48.5 Å². The van der Waals surface area contributed by atoms with Gasteiger partial charge in [0.15, 0.2) is 0 Å². The van der Waals surface area contributed by atoms with Crippen molar-refractivity contribution >= 4 is 11.8 Å². The lowest BCUT2D eigenvalue weighted by Crippen LogP contribution is -2.43. The van der Waals surface area contributed by atoms with Gasteiger partial charge in [0.25, 0.3) is 0 Å². The minimum atomic E-state index is -1.02. The fraction of sp³-hybridized carbons (Fsp3) is 0.300. The SMILES string of the molecule is CC(NC(=O)C1(C(=O)NCc2ccccc2F)CC1)c1ccccc1. The summed E-state index contributed by atoms with van der Waals surface area (Å²) in [5.74, 6) is -0.974. The van der Waals surface area contributed by atoms with Gasteiger partial charge in [-0.2, -0.15) is 0 Å². The van der Waals surface area contributed by atoms with Crippen LogP contribution in [0.3, 0.4) is 0 Å². The summed E-state index contributed by atoms with van der Waals surface area (Å²) in [7, 11) is 0. The lowest BCUT2D eigenvalue weighted by atomic mass is 10.0. The molecule has 5 heteroatoms. The molecule has 1 aliphatic carbocycles. The molecule has 0 aliphatic heterocycles. The number of benzene rings is 2. The van der Waals surface area contributed by atoms with Crippen LogP contribution >= 0.6 is 0 Å². The Kier molecular flexibility index (Phi) is 4.83. The summed E-state index contributed by atoms with van der Waals surface area (Å²) in [5.41, 5.74) is 0.372. The van der Waals surface area contributed by atoms with E-state index in [9.17, 15) is 14.0 Å². The molecule has 0 aromatic heterocycles. The van der Waals surface area contributed by atoms with Gasteiger partial charge in [-0.15, -0.1) is 0 Å². The summed E-state index contributed by atoms with van der Waals surface area (Å²) >= 11 is 0. The van der Waals surface area contributed by atoms with E-state index in [4.69, 9.17) is 0 Å². The van der Waals surface area contributed by atoms with Gasteiger partial charge in [0.05, 0.1) is 6.04 Å². The molecular weight excluding hydrogens is 319 g/mol. The van der Waals surface area contributed by atoms with Crippen molar-refractivity contribution in [2.75, 3.05) is 0 Å². The molecule has 0 heterocycles. The van der Waals surface area contributed by atoms with E-state index in [2.05, 4.69) is 10.6 Å². The average molecular weight is 340 g/mol. The molecule has 0 radical (unpaired) electrons. The minimum absolute atomic E-state index is 0.0782. The van der Waals surface area contributed by atoms with E-state index in [1.807, 2.05) is 37.3 Å². The van der Waals surface area contributed by atoms with Gasteiger partial charge in [-0.05, 0) is 31.4 Å². The predicted octanol–water partition coefficient (Wildman–Crippen LogP) is 3.10. The van der Waals surface area contributed by atoms with Crippen LogP contribution in [0.15, 0.2) is 54.6 Å². The highest BCUT2D eigenvalue weighted by atomic mass is 19.1. The number of carbonyl (C=O) groups is 2. The lowest BCUT2D eigenvalue weighted by Gasteiger charge is -2.20. The number of rotatable bonds is 6. The molecule has 2 N–H and O–H groups in total. The van der Waals surface area contributed by atoms with Crippen LogP contribution in [0.1, 0.15) is 36.9 Å². The third-order valence-electron chi connectivity index (χ3n) is 4.66. The first-order chi connectivity index (χ1) is 12.0. The Morgan fingerprint density at radius 1 is 1.04 bits per heavy atom. The standard InChI is InChI=1S/C20H21FN2O2/c1-14(15-7-3-2-4-8-15)23-19(25)20(11-12-20)18(24)22-13-16-9-5-6-10-17(16)21/h2-10,14H,11-13H2,1H3,(H,22,24)(H,23,25). The zero-order chi connectivity index (χ0) is 17.9. The summed E-state index contributed by atoms with van der Waals surface area (Å²) in [6, 6.07) is 15.7. The van der Waals surface area contributed by atoms with E-state index in [-0.39, 0.29) is 30.2 Å². The Balaban J connectivity index is 1.60. The van der Waals surface area contributed by atoms with Crippen LogP contribution < -0.4 is 10.6 Å². The van der Waals surface area contributed by atoms with Gasteiger partial charge >= 0.3 is 0 Å². The second kappa shape index (κ2) is 7.05. The zero-order valence-corrected chi connectivity index (χ0v) is 14.1. The van der Waals surface area contributed by atoms with Crippen LogP contribution in [0, 0.1) is 11.2 Å². The molecule has 130 valence electrons. The van der Waals surface area contributed by atoms with Gasteiger partial charge in [0.2, 0.25) is 11.8 Å². The molecule has 2 amide bonds. The minimum Gasteiger partial charge on any atom is -0.351 e. The molecule has 3 rings (SSSR count). The summed E-state index contributed by atoms with van der Waals surface area (Å²) in [4.78, 5) is 25.1. The fourth-order valence-corrected chi connectivity index (χ4v) is 2.83. The van der Waals surface area contributed by atoms with Gasteiger partial charge in [0.1, 0.15) is 11.2 Å². The molecule has 1 saturated carbocycles. The molecule has 1 unspecified atom stereocenters. The molecule has 4 nitrogen and oxygen atoms in total. The van der Waals surface area contributed by atoms with Gasteiger partial charge in [0, 0.05) is 12.1 Å². The monoisotopic (exact) mass is 340 g/mol. The van der Waals surface area contributed by atoms with Crippen LogP contribution in [0.5, 0.6) is 0 Å². The van der Waals surface area contributed by atoms with Crippen LogP contribution in [-0.4, -0.2) is 11.8 Å². The van der Waals surface area contributed by atoms with Crippen molar-refractivity contribution in [3.8, 4) is 0 Å². The quantitative estimate of drug-likeness (QED) is 0.794. The number of carbonyl (C=O) groups excluding carboxylic acids is 2. The Bertz CT molecular complexity index is 772. The lowest BCUT2D eigenvalue weighted by molar-refractivity contribution is -0.137. The van der Waals surface area contributed by atoms with Crippen molar-refractivity contribution < 1.29 is 14.0 Å². The van der Waals surface area contributed by atoms with Gasteiger partial charge in [-0.3, -0.25) is 9.59 Å². The van der Waals surface area contributed by atoms with Crippen molar-refractivity contribution in [1.29, 1.82) is 0 Å². The van der Waals surface area contributed by atoms with Crippen molar-refractivity contribution in [1.82, 2.24) is 10.6 Å². The van der Waals surface area contributed by atoms with Gasteiger partial charge in [-0.25, -0.2) is 4.39 Å². The second-order valence-corrected chi connectivity index (χ2v) is 6.46. The van der Waals surface area contributed by atoms with Crippen molar-refractivity contribution in [3.05, 3.63) is 71.5 Å². The number of hydrogen-bond acceptors (Lipinski definition) is 2. The third-order valence-corrected chi connectivity index (χ3v) is 4.66. The predicted molar refractivity (Wildman–Crippen MR) is 92.9 cm³/mol. The third kappa shape index (κ3) is 3.71. The highest BCUT2D eigenvalue weighted by Crippen LogP contribution is 2.46. The maximum Gasteiger partial charge on any atom is 0.236 e. The van der Waals surface area contributed by atoms with E-state index in [1.165, 1.54) is 6.07 Å². The Hall–Kier alpha value is -2.69. The smallest absolute Gasteiger partial charge is 0.236 e. The van der Waals surface area contributed by atoms with E-state index in [0.717, 1.165) is 5.56 Å². The molecule has 0 saturated heterocycles. The number of halogens is 1. The molecular formula is C20H21FN2O2. The largest absolute Gasteiger partial charge is 0.351 e. The summed E-state index contributed by atoms with van der Waals surface area (Å²) in [6.45, 7) is 1.97. The maximum atomic E-state index is 13.6. The first-order valence-corrected chi connectivity index (χ1v) is 8.40. The number of nitrogens with one attached hydrogen (secondary N) is 2. The highest BCUT2D eigenvalue weighted by Gasteiger charge is 2.56. The van der Waals surface area contributed by atoms with Crippen LogP contribution in [0.25, 0.3) is 0 Å². The van der Waals surface area contributed by atoms with E-state index < -0.39 is 5.41 Å². The topological polar surface area (TPSA) is 58.2 Å². The molecule has 1 fully saturated rings. The van der Waals surface area contributed by atoms with E-state index in [0.29, 0.717) is 18.4 Å². The van der Waals surface area contributed by atoms with E-state index >= 15 is 0 Å². The van der Waals surface area contributed by atoms with Crippen LogP contribution in [0.2, 0.25) is 0 Å². The van der Waals surface area contributed by atoms with Crippen LogP contribution in [0.4, 0.5) is 4.39 Å². The molecule has 25 heavy (non-hydrogen) atoms. The Labute approximate surface area is 146 Å². The van der Waals surface area contributed by atoms with Crippen molar-refractivity contribution in [3.63, 3.8) is 0 Å². The second-order valence-electron chi connectivity index (χ2n) is 6.46. The average Bonchev–Trinajstić information content (AvgIpc) is 3.43. The number of hydrogen-bond donors (Lipinski definition) is 2. The first kappa shape index (κ1) is 17.1. The fourth-order valence-electron chi connectivity index (χ4n) is 2.83. The normalized spacial score (nSPS) is 15.9. The molecule has 0 spiro atoms. The molecule has 0 bridgehead atoms. The van der Waals surface area contributed by atoms with Crippen molar-refractivity contribution in [2.45, 2.75) is 32.4 Å². The molecule has 1 atom stereocenters. The Morgan fingerprint density at radius 3 is 2.32 bits per heavy atom. The van der Waals surface area contributed by atoms with E-state index in [1.54, 1.807) is 18.2 Å².